The molecule has 0 fully saturated rings. The Morgan fingerprint density at radius 1 is 1.09 bits per heavy atom. The van der Waals surface area contributed by atoms with Gasteiger partial charge in [0.15, 0.2) is 5.58 Å². The number of nitrogens with zero attached hydrogens (tertiary/aromatic N) is 2. The van der Waals surface area contributed by atoms with Gasteiger partial charge in [-0.1, -0.05) is 41.6 Å². The Labute approximate surface area is 199 Å². The van der Waals surface area contributed by atoms with E-state index in [1.165, 1.54) is 0 Å². The second kappa shape index (κ2) is 10.1. The third-order valence-corrected chi connectivity index (χ3v) is 5.27. The van der Waals surface area contributed by atoms with Gasteiger partial charge in [-0.25, -0.2) is 4.79 Å². The zero-order valence-corrected chi connectivity index (χ0v) is 19.9. The van der Waals surface area contributed by atoms with E-state index >= 15 is 0 Å². The Hall–Kier alpha value is -3.71. The molecule has 4 aromatic rings. The van der Waals surface area contributed by atoms with Crippen molar-refractivity contribution in [1.29, 1.82) is 0 Å². The van der Waals surface area contributed by atoms with Crippen LogP contribution in [0.1, 0.15) is 43.6 Å². The number of carbonyl (C=O) groups excluding carboxylic acids is 1. The fraction of sp³-hybridized carbons (Fsp3) is 0.296. The number of rotatable bonds is 7. The quantitative estimate of drug-likeness (QED) is 0.373. The first-order chi connectivity index (χ1) is 16.3. The molecule has 0 unspecified atom stereocenters. The average Bonchev–Trinajstić information content (AvgIpc) is 3.21. The molecule has 0 spiro atoms. The van der Waals surface area contributed by atoms with Crippen molar-refractivity contribution in [3.8, 4) is 11.3 Å². The fourth-order valence-corrected chi connectivity index (χ4v) is 3.87. The van der Waals surface area contributed by atoms with Crippen LogP contribution in [0.4, 0.5) is 4.79 Å². The topological polar surface area (TPSA) is 86.5 Å². The molecule has 0 aliphatic heterocycles. The van der Waals surface area contributed by atoms with Gasteiger partial charge in [0.1, 0.15) is 11.3 Å². The van der Waals surface area contributed by atoms with Gasteiger partial charge in [0, 0.05) is 36.4 Å². The first kappa shape index (κ1) is 23.4. The van der Waals surface area contributed by atoms with Crippen LogP contribution in [0.2, 0.25) is 0 Å². The number of methoxy groups -OCH3 is 1. The number of fused-ring (bicyclic) bond motifs is 1. The smallest absolute Gasteiger partial charge is 0.408 e. The van der Waals surface area contributed by atoms with E-state index in [-0.39, 0.29) is 6.04 Å². The number of amides is 1. The van der Waals surface area contributed by atoms with Crippen LogP contribution in [0.5, 0.6) is 0 Å². The average molecular weight is 460 g/mol. The molecule has 0 bridgehead atoms. The molecule has 2 heterocycles. The van der Waals surface area contributed by atoms with Crippen molar-refractivity contribution in [2.75, 3.05) is 7.11 Å². The predicted octanol–water partition coefficient (Wildman–Crippen LogP) is 5.84. The van der Waals surface area contributed by atoms with Crippen molar-refractivity contribution >= 4 is 17.1 Å². The van der Waals surface area contributed by atoms with Crippen molar-refractivity contribution in [1.82, 2.24) is 15.5 Å². The molecular formula is C27H29N3O4. The third-order valence-electron chi connectivity index (χ3n) is 5.27. The van der Waals surface area contributed by atoms with E-state index in [2.05, 4.69) is 15.5 Å². The van der Waals surface area contributed by atoms with Crippen molar-refractivity contribution in [2.45, 2.75) is 45.4 Å². The number of benzene rings is 2. The number of pyridine rings is 1. The van der Waals surface area contributed by atoms with E-state index < -0.39 is 11.7 Å². The van der Waals surface area contributed by atoms with Gasteiger partial charge in [-0.2, -0.15) is 0 Å². The highest BCUT2D eigenvalue weighted by Gasteiger charge is 2.25. The summed E-state index contributed by atoms with van der Waals surface area (Å²) in [6, 6.07) is 19.1. The summed E-state index contributed by atoms with van der Waals surface area (Å²) >= 11 is 0. The summed E-state index contributed by atoms with van der Waals surface area (Å²) < 4.78 is 16.4. The molecule has 2 aromatic heterocycles. The molecule has 0 aliphatic rings. The van der Waals surface area contributed by atoms with E-state index in [0.29, 0.717) is 24.3 Å². The van der Waals surface area contributed by atoms with Crippen molar-refractivity contribution < 1.29 is 18.8 Å². The first-order valence-corrected chi connectivity index (χ1v) is 11.2. The largest absolute Gasteiger partial charge is 0.444 e. The second-order valence-corrected chi connectivity index (χ2v) is 9.11. The predicted molar refractivity (Wildman–Crippen MR) is 130 cm³/mol. The lowest BCUT2D eigenvalue weighted by Gasteiger charge is -2.25. The lowest BCUT2D eigenvalue weighted by Crippen LogP contribution is -2.36. The number of nitrogens with one attached hydrogen (secondary N) is 1. The molecule has 2 aromatic carbocycles. The van der Waals surface area contributed by atoms with Crippen molar-refractivity contribution in [2.24, 2.45) is 0 Å². The Morgan fingerprint density at radius 2 is 1.88 bits per heavy atom. The normalized spacial score (nSPS) is 12.5. The zero-order valence-electron chi connectivity index (χ0n) is 19.9. The minimum Gasteiger partial charge on any atom is -0.444 e. The molecule has 176 valence electrons. The molecule has 7 nitrogen and oxygen atoms in total. The van der Waals surface area contributed by atoms with Gasteiger partial charge in [-0.15, -0.1) is 0 Å². The highest BCUT2D eigenvalue weighted by atomic mass is 16.6. The maximum atomic E-state index is 12.7. The van der Waals surface area contributed by atoms with E-state index in [0.717, 1.165) is 27.8 Å². The van der Waals surface area contributed by atoms with E-state index in [1.807, 2.05) is 81.4 Å². The number of hydrogen-bond donors (Lipinski definition) is 1. The van der Waals surface area contributed by atoms with Crippen LogP contribution in [0, 0.1) is 0 Å². The summed E-state index contributed by atoms with van der Waals surface area (Å²) in [6.45, 7) is 6.02. The summed E-state index contributed by atoms with van der Waals surface area (Å²) in [5, 5.41) is 8.31. The number of aromatic nitrogens is 2. The minimum atomic E-state index is -0.610. The minimum absolute atomic E-state index is 0.388. The van der Waals surface area contributed by atoms with Crippen LogP contribution in [0.15, 0.2) is 71.4 Å². The molecule has 7 heteroatoms. The summed E-state index contributed by atoms with van der Waals surface area (Å²) in [6.07, 6.45) is 1.75. The number of carbonyl (C=O) groups is 1. The lowest BCUT2D eigenvalue weighted by atomic mass is 9.93. The molecule has 34 heavy (non-hydrogen) atoms. The molecule has 0 radical (unpaired) electrons. The van der Waals surface area contributed by atoms with Crippen molar-refractivity contribution in [3.63, 3.8) is 0 Å². The van der Waals surface area contributed by atoms with Gasteiger partial charge < -0.3 is 19.3 Å². The molecule has 0 saturated carbocycles. The summed E-state index contributed by atoms with van der Waals surface area (Å²) in [4.78, 5) is 17.2. The molecule has 1 atom stereocenters. The molecular weight excluding hydrogens is 430 g/mol. The van der Waals surface area contributed by atoms with Gasteiger partial charge in [-0.05, 0) is 56.2 Å². The summed E-state index contributed by atoms with van der Waals surface area (Å²) in [5.74, 6) is 0. The van der Waals surface area contributed by atoms with Crippen LogP contribution in [0.25, 0.3) is 22.2 Å². The van der Waals surface area contributed by atoms with Crippen molar-refractivity contribution in [3.05, 3.63) is 83.7 Å². The van der Waals surface area contributed by atoms with Crippen LogP contribution < -0.4 is 5.32 Å². The summed E-state index contributed by atoms with van der Waals surface area (Å²) in [5.41, 5.74) is 4.42. The Bertz CT molecular complexity index is 1260. The molecule has 1 amide bonds. The monoisotopic (exact) mass is 459 g/mol. The standard InChI is InChI=1S/C27H29N3O4/c1-27(2,3)33-26(31)29-23(16-19-9-7-8-14-28-19)20-10-5-6-11-21(20)25-22-13-12-18(17-32-4)15-24(22)34-30-25/h5-15,23H,16-17H2,1-4H3,(H,29,31)/t23-/m0/s1. The van der Waals surface area contributed by atoms with Gasteiger partial charge in [-0.3, -0.25) is 4.98 Å². The molecule has 0 aliphatic carbocycles. The Balaban J connectivity index is 1.74. The van der Waals surface area contributed by atoms with Gasteiger partial charge in [0.2, 0.25) is 0 Å². The maximum absolute atomic E-state index is 12.7. The van der Waals surface area contributed by atoms with Gasteiger partial charge in [0.05, 0.1) is 12.6 Å². The van der Waals surface area contributed by atoms with Crippen LogP contribution in [0.3, 0.4) is 0 Å². The highest BCUT2D eigenvalue weighted by Crippen LogP contribution is 2.34. The summed E-state index contributed by atoms with van der Waals surface area (Å²) in [7, 11) is 1.66. The van der Waals surface area contributed by atoms with E-state index in [4.69, 9.17) is 14.0 Å². The Kier molecular flexibility index (Phi) is 6.93. The van der Waals surface area contributed by atoms with E-state index in [1.54, 1.807) is 13.3 Å². The highest BCUT2D eigenvalue weighted by molar-refractivity contribution is 5.92. The SMILES string of the molecule is COCc1ccc2c(-c3ccccc3[C@H](Cc3ccccn3)NC(=O)OC(C)(C)C)noc2c1. The van der Waals surface area contributed by atoms with Gasteiger partial charge in [0.25, 0.3) is 0 Å². The second-order valence-electron chi connectivity index (χ2n) is 9.11. The van der Waals surface area contributed by atoms with Crippen LogP contribution in [-0.2, 0) is 22.5 Å². The zero-order chi connectivity index (χ0) is 24.1. The Morgan fingerprint density at radius 3 is 2.62 bits per heavy atom. The maximum Gasteiger partial charge on any atom is 0.408 e. The van der Waals surface area contributed by atoms with E-state index in [9.17, 15) is 4.79 Å². The first-order valence-electron chi connectivity index (χ1n) is 11.2. The number of hydrogen-bond acceptors (Lipinski definition) is 6. The van der Waals surface area contributed by atoms with Crippen LogP contribution in [-0.4, -0.2) is 28.9 Å². The lowest BCUT2D eigenvalue weighted by molar-refractivity contribution is 0.0503. The third kappa shape index (κ3) is 5.61. The number of ether oxygens (including phenoxy) is 2. The molecule has 0 saturated heterocycles. The molecule has 4 rings (SSSR count). The van der Waals surface area contributed by atoms with Crippen LogP contribution >= 0.6 is 0 Å². The number of alkyl carbamates (subject to hydrolysis) is 1. The van der Waals surface area contributed by atoms with Gasteiger partial charge >= 0.3 is 6.09 Å². The molecule has 1 N–H and O–H groups in total. The fourth-order valence-electron chi connectivity index (χ4n) is 3.87.